The molecule has 0 bridgehead atoms. The van der Waals surface area contributed by atoms with Crippen LogP contribution in [0.5, 0.6) is 0 Å². The number of carbonyl (C=O) groups is 1. The molecule has 0 fully saturated rings. The van der Waals surface area contributed by atoms with E-state index < -0.39 is 11.6 Å². The summed E-state index contributed by atoms with van der Waals surface area (Å²) >= 11 is 0. The minimum Gasteiger partial charge on any atom is -0.454 e. The molecule has 0 aromatic carbocycles. The van der Waals surface area contributed by atoms with Crippen LogP contribution in [0, 0.1) is 0 Å². The molecule has 0 spiro atoms. The van der Waals surface area contributed by atoms with Crippen molar-refractivity contribution in [1.82, 2.24) is 0 Å². The van der Waals surface area contributed by atoms with Gasteiger partial charge >= 0.3 is 5.97 Å². The first-order valence-corrected chi connectivity index (χ1v) is 5.12. The van der Waals surface area contributed by atoms with Crippen LogP contribution in [0.2, 0.25) is 0 Å². The van der Waals surface area contributed by atoms with Gasteiger partial charge in [-0.15, -0.1) is 0 Å². The fourth-order valence-corrected chi connectivity index (χ4v) is 1.06. The van der Waals surface area contributed by atoms with Crippen molar-refractivity contribution in [2.45, 2.75) is 58.8 Å². The van der Waals surface area contributed by atoms with E-state index in [0.29, 0.717) is 0 Å². The summed E-state index contributed by atoms with van der Waals surface area (Å²) in [6, 6.07) is 0. The smallest absolute Gasteiger partial charge is 0.330 e. The number of carbonyl (C=O) groups excluding carboxylic acids is 1. The van der Waals surface area contributed by atoms with Crippen LogP contribution in [-0.4, -0.2) is 23.3 Å². The van der Waals surface area contributed by atoms with E-state index in [1.807, 2.05) is 41.5 Å². The largest absolute Gasteiger partial charge is 0.454 e. The Morgan fingerprint density at radius 2 is 1.73 bits per heavy atom. The Morgan fingerprint density at radius 3 is 2.07 bits per heavy atom. The molecule has 0 aliphatic heterocycles. The molecule has 0 radical (unpaired) electrons. The molecule has 1 atom stereocenters. The first kappa shape index (κ1) is 14.2. The molecule has 0 N–H and O–H groups in total. The monoisotopic (exact) mass is 214 g/mol. The van der Waals surface area contributed by atoms with Crippen LogP contribution in [-0.2, 0) is 14.3 Å². The van der Waals surface area contributed by atoms with Crippen molar-refractivity contribution >= 4 is 5.97 Å². The van der Waals surface area contributed by atoms with Gasteiger partial charge in [0.15, 0.2) is 0 Å². The first-order valence-electron chi connectivity index (χ1n) is 5.12. The summed E-state index contributed by atoms with van der Waals surface area (Å²) in [5, 5.41) is 0. The van der Waals surface area contributed by atoms with Gasteiger partial charge in [-0.25, -0.2) is 4.79 Å². The van der Waals surface area contributed by atoms with Gasteiger partial charge in [-0.3, -0.25) is 0 Å². The molecule has 0 rings (SSSR count). The molecule has 0 aromatic heterocycles. The Bertz CT molecular complexity index is 236. The van der Waals surface area contributed by atoms with E-state index in [4.69, 9.17) is 9.47 Å². The zero-order valence-electron chi connectivity index (χ0n) is 10.6. The molecular formula is C12H22O3. The molecule has 88 valence electrons. The summed E-state index contributed by atoms with van der Waals surface area (Å²) < 4.78 is 10.9. The zero-order valence-corrected chi connectivity index (χ0v) is 10.6. The van der Waals surface area contributed by atoms with Gasteiger partial charge in [-0.2, -0.15) is 0 Å². The second-order valence-electron chi connectivity index (χ2n) is 5.10. The van der Waals surface area contributed by atoms with Crippen molar-refractivity contribution in [2.75, 3.05) is 0 Å². The highest BCUT2D eigenvalue weighted by molar-refractivity contribution is 5.81. The molecule has 0 saturated heterocycles. The van der Waals surface area contributed by atoms with E-state index >= 15 is 0 Å². The van der Waals surface area contributed by atoms with E-state index in [0.717, 1.165) is 6.08 Å². The lowest BCUT2D eigenvalue weighted by Crippen LogP contribution is -2.44. The maximum absolute atomic E-state index is 11.1. The van der Waals surface area contributed by atoms with Gasteiger partial charge in [-0.1, -0.05) is 6.58 Å². The molecule has 0 saturated carbocycles. The maximum Gasteiger partial charge on any atom is 0.330 e. The van der Waals surface area contributed by atoms with Crippen LogP contribution in [0.4, 0.5) is 0 Å². The van der Waals surface area contributed by atoms with Crippen molar-refractivity contribution < 1.29 is 14.3 Å². The van der Waals surface area contributed by atoms with Crippen LogP contribution in [0.1, 0.15) is 41.5 Å². The van der Waals surface area contributed by atoms with Crippen molar-refractivity contribution in [2.24, 2.45) is 0 Å². The summed E-state index contributed by atoms with van der Waals surface area (Å²) in [5.74, 6) is -0.427. The number of rotatable bonds is 4. The maximum atomic E-state index is 11.1. The van der Waals surface area contributed by atoms with Crippen molar-refractivity contribution in [3.05, 3.63) is 12.7 Å². The highest BCUT2D eigenvalue weighted by atomic mass is 16.6. The summed E-state index contributed by atoms with van der Waals surface area (Å²) in [4.78, 5) is 11.1. The Hall–Kier alpha value is -0.830. The van der Waals surface area contributed by atoms with Gasteiger partial charge in [0.1, 0.15) is 5.60 Å². The molecule has 1 unspecified atom stereocenters. The van der Waals surface area contributed by atoms with Crippen molar-refractivity contribution in [1.29, 1.82) is 0 Å². The van der Waals surface area contributed by atoms with Crippen LogP contribution in [0.3, 0.4) is 0 Å². The van der Waals surface area contributed by atoms with Gasteiger partial charge in [0.2, 0.25) is 0 Å². The lowest BCUT2D eigenvalue weighted by Gasteiger charge is -2.35. The van der Waals surface area contributed by atoms with E-state index in [9.17, 15) is 4.79 Å². The SMILES string of the molecule is C=CC(=O)OC(C)(C)C(C)OC(C)(C)C. The molecule has 3 nitrogen and oxygen atoms in total. The number of esters is 1. The number of hydrogen-bond acceptors (Lipinski definition) is 3. The quantitative estimate of drug-likeness (QED) is 0.533. The molecule has 0 aliphatic rings. The van der Waals surface area contributed by atoms with E-state index in [1.165, 1.54) is 0 Å². The second-order valence-corrected chi connectivity index (χ2v) is 5.10. The van der Waals surface area contributed by atoms with E-state index in [1.54, 1.807) is 0 Å². The summed E-state index contributed by atoms with van der Waals surface area (Å²) in [6.07, 6.45) is 0.979. The van der Waals surface area contributed by atoms with Gasteiger partial charge in [0.25, 0.3) is 0 Å². The Balaban J connectivity index is 4.44. The van der Waals surface area contributed by atoms with Gasteiger partial charge < -0.3 is 9.47 Å². The predicted octanol–water partition coefficient (Wildman–Crippen LogP) is 2.70. The minimum atomic E-state index is -0.654. The summed E-state index contributed by atoms with van der Waals surface area (Å²) in [7, 11) is 0. The van der Waals surface area contributed by atoms with Gasteiger partial charge in [0.05, 0.1) is 11.7 Å². The molecule has 15 heavy (non-hydrogen) atoms. The molecule has 0 heterocycles. The average molecular weight is 214 g/mol. The third-order valence-corrected chi connectivity index (χ3v) is 2.04. The third kappa shape index (κ3) is 5.57. The lowest BCUT2D eigenvalue weighted by molar-refractivity contribution is -0.178. The summed E-state index contributed by atoms with van der Waals surface area (Å²) in [5.41, 5.74) is -0.907. The summed E-state index contributed by atoms with van der Waals surface area (Å²) in [6.45, 7) is 14.8. The van der Waals surface area contributed by atoms with Gasteiger partial charge in [0, 0.05) is 6.08 Å². The number of ether oxygens (including phenoxy) is 2. The van der Waals surface area contributed by atoms with E-state index in [2.05, 4.69) is 6.58 Å². The van der Waals surface area contributed by atoms with Crippen LogP contribution < -0.4 is 0 Å². The van der Waals surface area contributed by atoms with Crippen LogP contribution >= 0.6 is 0 Å². The Kier molecular flexibility index (Phi) is 4.53. The fraction of sp³-hybridized carbons (Fsp3) is 0.750. The topological polar surface area (TPSA) is 35.5 Å². The minimum absolute atomic E-state index is 0.179. The van der Waals surface area contributed by atoms with E-state index in [-0.39, 0.29) is 11.7 Å². The zero-order chi connectivity index (χ0) is 12.3. The number of hydrogen-bond donors (Lipinski definition) is 0. The standard InChI is InChI=1S/C12H22O3/c1-8-10(13)15-12(6,7)9(2)14-11(3,4)5/h8-9H,1H2,2-7H3. The fourth-order valence-electron chi connectivity index (χ4n) is 1.06. The van der Waals surface area contributed by atoms with Crippen molar-refractivity contribution in [3.63, 3.8) is 0 Å². The molecule has 0 aliphatic carbocycles. The molecular weight excluding hydrogens is 192 g/mol. The van der Waals surface area contributed by atoms with Gasteiger partial charge in [-0.05, 0) is 41.5 Å². The lowest BCUT2D eigenvalue weighted by atomic mass is 10.0. The Labute approximate surface area is 92.5 Å². The van der Waals surface area contributed by atoms with Crippen LogP contribution in [0.25, 0.3) is 0 Å². The van der Waals surface area contributed by atoms with Crippen molar-refractivity contribution in [3.8, 4) is 0 Å². The predicted molar refractivity (Wildman–Crippen MR) is 60.7 cm³/mol. The molecule has 0 amide bonds. The second kappa shape index (κ2) is 4.79. The Morgan fingerprint density at radius 1 is 1.27 bits per heavy atom. The third-order valence-electron chi connectivity index (χ3n) is 2.04. The normalized spacial score (nSPS) is 14.5. The first-order chi connectivity index (χ1) is 6.58. The highest BCUT2D eigenvalue weighted by Crippen LogP contribution is 2.23. The van der Waals surface area contributed by atoms with Crippen LogP contribution in [0.15, 0.2) is 12.7 Å². The highest BCUT2D eigenvalue weighted by Gasteiger charge is 2.33. The average Bonchev–Trinajstić information content (AvgIpc) is 2.00. The molecule has 3 heteroatoms. The molecule has 0 aromatic rings.